The molecule has 0 fully saturated rings. The summed E-state index contributed by atoms with van der Waals surface area (Å²) in [5, 5.41) is 5.28. The molecule has 0 bridgehead atoms. The minimum absolute atomic E-state index is 0.454. The molecule has 0 aliphatic carbocycles. The number of rotatable bonds is 3. The van der Waals surface area contributed by atoms with Crippen molar-refractivity contribution < 1.29 is 0 Å². The van der Waals surface area contributed by atoms with Crippen molar-refractivity contribution in [1.82, 2.24) is 15.3 Å². The molecule has 0 radical (unpaired) electrons. The van der Waals surface area contributed by atoms with Gasteiger partial charge in [0, 0.05) is 12.5 Å². The second-order valence-corrected chi connectivity index (χ2v) is 4.27. The molecule has 14 heavy (non-hydrogen) atoms. The number of likely N-dealkylation sites (N-methyl/N-ethyl adjacent to an activating group) is 1. The second kappa shape index (κ2) is 4.02. The highest BCUT2D eigenvalue weighted by atomic mass is 32.1. The lowest BCUT2D eigenvalue weighted by atomic mass is 10.2. The minimum Gasteiger partial charge on any atom is -0.317 e. The quantitative estimate of drug-likeness (QED) is 0.834. The van der Waals surface area contributed by atoms with Crippen molar-refractivity contribution in [2.45, 2.75) is 19.4 Å². The second-order valence-electron chi connectivity index (χ2n) is 3.35. The zero-order valence-electron chi connectivity index (χ0n) is 8.32. The van der Waals surface area contributed by atoms with Crippen LogP contribution >= 0.6 is 11.3 Å². The van der Waals surface area contributed by atoms with Gasteiger partial charge in [-0.15, -0.1) is 11.3 Å². The van der Waals surface area contributed by atoms with Crippen LogP contribution < -0.4 is 5.32 Å². The maximum Gasteiger partial charge on any atom is 0.116 e. The van der Waals surface area contributed by atoms with Crippen LogP contribution in [0.5, 0.6) is 0 Å². The van der Waals surface area contributed by atoms with E-state index in [0.717, 1.165) is 17.6 Å². The molecule has 0 amide bonds. The van der Waals surface area contributed by atoms with Gasteiger partial charge in [0.05, 0.1) is 15.9 Å². The molecule has 1 N–H and O–H groups in total. The van der Waals surface area contributed by atoms with Gasteiger partial charge in [-0.1, -0.05) is 0 Å². The van der Waals surface area contributed by atoms with Gasteiger partial charge in [0.1, 0.15) is 6.33 Å². The summed E-state index contributed by atoms with van der Waals surface area (Å²) in [5.74, 6) is 0. The molecular formula is C10H13N3S. The van der Waals surface area contributed by atoms with Crippen LogP contribution in [0.25, 0.3) is 10.2 Å². The topological polar surface area (TPSA) is 37.8 Å². The number of aromatic nitrogens is 2. The molecule has 0 aliphatic rings. The number of nitrogens with one attached hydrogen (secondary N) is 1. The molecule has 0 saturated carbocycles. The van der Waals surface area contributed by atoms with Crippen molar-refractivity contribution >= 4 is 21.6 Å². The summed E-state index contributed by atoms with van der Waals surface area (Å²) in [7, 11) is 1.97. The number of hydrogen-bond acceptors (Lipinski definition) is 4. The Morgan fingerprint density at radius 1 is 1.50 bits per heavy atom. The average molecular weight is 207 g/mol. The smallest absolute Gasteiger partial charge is 0.116 e. The third kappa shape index (κ3) is 1.76. The summed E-state index contributed by atoms with van der Waals surface area (Å²) in [6.45, 7) is 2.15. The standard InChI is InChI=1S/C10H13N3S/c1-7(11-2)5-9-10-8(3-4-14-10)12-6-13-9/h3-4,6-7,11H,5H2,1-2H3. The van der Waals surface area contributed by atoms with Crippen LogP contribution in [0.2, 0.25) is 0 Å². The number of hydrogen-bond donors (Lipinski definition) is 1. The third-order valence-electron chi connectivity index (χ3n) is 2.31. The minimum atomic E-state index is 0.454. The molecule has 4 heteroatoms. The Morgan fingerprint density at radius 3 is 3.14 bits per heavy atom. The fourth-order valence-electron chi connectivity index (χ4n) is 1.38. The van der Waals surface area contributed by atoms with Crippen LogP contribution in [0.1, 0.15) is 12.6 Å². The Balaban J connectivity index is 2.36. The van der Waals surface area contributed by atoms with E-state index in [-0.39, 0.29) is 0 Å². The van der Waals surface area contributed by atoms with Crippen LogP contribution in [-0.4, -0.2) is 23.1 Å². The number of fused-ring (bicyclic) bond motifs is 1. The van der Waals surface area contributed by atoms with Crippen LogP contribution in [0.3, 0.4) is 0 Å². The SMILES string of the molecule is CNC(C)Cc1ncnc2ccsc12. The number of thiophene rings is 1. The van der Waals surface area contributed by atoms with Crippen molar-refractivity contribution in [1.29, 1.82) is 0 Å². The van der Waals surface area contributed by atoms with Crippen LogP contribution in [-0.2, 0) is 6.42 Å². The molecule has 1 atom stereocenters. The molecule has 2 aromatic rings. The van der Waals surface area contributed by atoms with E-state index in [2.05, 4.69) is 27.6 Å². The molecule has 3 nitrogen and oxygen atoms in total. The van der Waals surface area contributed by atoms with Gasteiger partial charge < -0.3 is 5.32 Å². The largest absolute Gasteiger partial charge is 0.317 e. The van der Waals surface area contributed by atoms with Crippen molar-refractivity contribution in [2.75, 3.05) is 7.05 Å². The van der Waals surface area contributed by atoms with Gasteiger partial charge in [-0.2, -0.15) is 0 Å². The van der Waals surface area contributed by atoms with E-state index in [9.17, 15) is 0 Å². The fraction of sp³-hybridized carbons (Fsp3) is 0.400. The highest BCUT2D eigenvalue weighted by molar-refractivity contribution is 7.17. The van der Waals surface area contributed by atoms with Crippen LogP contribution in [0.15, 0.2) is 17.8 Å². The van der Waals surface area contributed by atoms with Gasteiger partial charge in [0.25, 0.3) is 0 Å². The first kappa shape index (κ1) is 9.55. The zero-order valence-corrected chi connectivity index (χ0v) is 9.14. The first-order chi connectivity index (χ1) is 6.81. The summed E-state index contributed by atoms with van der Waals surface area (Å²) in [4.78, 5) is 8.54. The molecule has 0 saturated heterocycles. The van der Waals surface area contributed by atoms with Gasteiger partial charge in [-0.3, -0.25) is 0 Å². The Morgan fingerprint density at radius 2 is 2.36 bits per heavy atom. The Bertz CT molecular complexity index is 424. The van der Waals surface area contributed by atoms with Crippen LogP contribution in [0, 0.1) is 0 Å². The number of nitrogens with zero attached hydrogens (tertiary/aromatic N) is 2. The molecular weight excluding hydrogens is 194 g/mol. The predicted molar refractivity (Wildman–Crippen MR) is 59.6 cm³/mol. The predicted octanol–water partition coefficient (Wildman–Crippen LogP) is 1.84. The van der Waals surface area contributed by atoms with Gasteiger partial charge in [0.2, 0.25) is 0 Å². The van der Waals surface area contributed by atoms with E-state index in [1.54, 1.807) is 17.7 Å². The fourth-order valence-corrected chi connectivity index (χ4v) is 2.22. The Hall–Kier alpha value is -1.000. The maximum atomic E-state index is 4.33. The lowest BCUT2D eigenvalue weighted by Gasteiger charge is -2.09. The average Bonchev–Trinajstić information content (AvgIpc) is 2.66. The van der Waals surface area contributed by atoms with E-state index in [1.807, 2.05) is 13.1 Å². The van der Waals surface area contributed by atoms with Gasteiger partial charge in [-0.25, -0.2) is 9.97 Å². The lowest BCUT2D eigenvalue weighted by molar-refractivity contribution is 0.603. The molecule has 2 rings (SSSR count). The van der Waals surface area contributed by atoms with Crippen molar-refractivity contribution in [3.63, 3.8) is 0 Å². The highest BCUT2D eigenvalue weighted by Crippen LogP contribution is 2.21. The van der Waals surface area contributed by atoms with Gasteiger partial charge in [-0.05, 0) is 25.4 Å². The van der Waals surface area contributed by atoms with Crippen molar-refractivity contribution in [2.24, 2.45) is 0 Å². The van der Waals surface area contributed by atoms with E-state index in [0.29, 0.717) is 6.04 Å². The Labute approximate surface area is 87.2 Å². The summed E-state index contributed by atoms with van der Waals surface area (Å²) >= 11 is 1.71. The zero-order chi connectivity index (χ0) is 9.97. The van der Waals surface area contributed by atoms with E-state index >= 15 is 0 Å². The summed E-state index contributed by atoms with van der Waals surface area (Å²) in [6, 6.07) is 2.49. The van der Waals surface area contributed by atoms with Gasteiger partial charge >= 0.3 is 0 Å². The lowest BCUT2D eigenvalue weighted by Crippen LogP contribution is -2.24. The van der Waals surface area contributed by atoms with Crippen molar-refractivity contribution in [3.8, 4) is 0 Å². The van der Waals surface area contributed by atoms with E-state index in [1.165, 1.54) is 4.70 Å². The molecule has 0 spiro atoms. The van der Waals surface area contributed by atoms with E-state index in [4.69, 9.17) is 0 Å². The van der Waals surface area contributed by atoms with E-state index < -0.39 is 0 Å². The maximum absolute atomic E-state index is 4.33. The monoisotopic (exact) mass is 207 g/mol. The van der Waals surface area contributed by atoms with Crippen LogP contribution in [0.4, 0.5) is 0 Å². The first-order valence-electron chi connectivity index (χ1n) is 4.65. The molecule has 2 aromatic heterocycles. The van der Waals surface area contributed by atoms with Gasteiger partial charge in [0.15, 0.2) is 0 Å². The third-order valence-corrected chi connectivity index (χ3v) is 3.26. The molecule has 0 aromatic carbocycles. The normalized spacial score (nSPS) is 13.3. The molecule has 74 valence electrons. The summed E-state index contributed by atoms with van der Waals surface area (Å²) in [6.07, 6.45) is 2.60. The molecule has 2 heterocycles. The summed E-state index contributed by atoms with van der Waals surface area (Å²) in [5.41, 5.74) is 2.20. The Kier molecular flexibility index (Phi) is 2.74. The van der Waals surface area contributed by atoms with Crippen molar-refractivity contribution in [3.05, 3.63) is 23.5 Å². The highest BCUT2D eigenvalue weighted by Gasteiger charge is 2.07. The molecule has 0 aliphatic heterocycles. The first-order valence-corrected chi connectivity index (χ1v) is 5.53. The summed E-state index contributed by atoms with van der Waals surface area (Å²) < 4.78 is 1.22. The molecule has 1 unspecified atom stereocenters.